The molecule has 0 unspecified atom stereocenters. The SMILES string of the molecule is COC[C@H]1OCC[C@H]1OCCC(O)CCO[C@@H]1CCO[C@@H]1COC. The molecule has 142 valence electrons. The Morgan fingerprint density at radius 2 is 1.33 bits per heavy atom. The average molecular weight is 348 g/mol. The quantitative estimate of drug-likeness (QED) is 0.558. The third-order valence-electron chi connectivity index (χ3n) is 4.53. The summed E-state index contributed by atoms with van der Waals surface area (Å²) in [6.07, 6.45) is 2.70. The summed E-state index contributed by atoms with van der Waals surface area (Å²) in [5.74, 6) is 0. The van der Waals surface area contributed by atoms with E-state index in [4.69, 9.17) is 28.4 Å². The second kappa shape index (κ2) is 11.4. The molecule has 2 heterocycles. The summed E-state index contributed by atoms with van der Waals surface area (Å²) in [4.78, 5) is 0. The molecule has 7 nitrogen and oxygen atoms in total. The van der Waals surface area contributed by atoms with Gasteiger partial charge in [-0.25, -0.2) is 0 Å². The zero-order valence-corrected chi connectivity index (χ0v) is 14.9. The summed E-state index contributed by atoms with van der Waals surface area (Å²) < 4.78 is 33.0. The summed E-state index contributed by atoms with van der Waals surface area (Å²) >= 11 is 0. The van der Waals surface area contributed by atoms with Gasteiger partial charge in [0.05, 0.1) is 31.5 Å². The Morgan fingerprint density at radius 1 is 0.875 bits per heavy atom. The predicted molar refractivity (Wildman–Crippen MR) is 87.2 cm³/mol. The van der Waals surface area contributed by atoms with Crippen LogP contribution >= 0.6 is 0 Å². The van der Waals surface area contributed by atoms with Crippen LogP contribution in [0.5, 0.6) is 0 Å². The lowest BCUT2D eigenvalue weighted by Gasteiger charge is -2.20. The standard InChI is InChI=1S/C17H32O7/c1-19-11-16-14(5-9-23-16)21-7-3-13(18)4-8-22-15-6-10-24-17(15)12-20-2/h13-18H,3-12H2,1-2H3/t14-,15-,16-,17-/m1/s1. The molecular formula is C17H32O7. The van der Waals surface area contributed by atoms with E-state index in [0.29, 0.717) is 52.5 Å². The van der Waals surface area contributed by atoms with Gasteiger partial charge in [0.1, 0.15) is 12.2 Å². The molecule has 0 radical (unpaired) electrons. The molecule has 0 aromatic heterocycles. The normalized spacial score (nSPS) is 30.5. The minimum absolute atomic E-state index is 0.00978. The van der Waals surface area contributed by atoms with Gasteiger partial charge in [0.15, 0.2) is 0 Å². The molecule has 2 aliphatic rings. The molecule has 2 fully saturated rings. The van der Waals surface area contributed by atoms with Crippen molar-refractivity contribution in [2.45, 2.75) is 56.2 Å². The van der Waals surface area contributed by atoms with Crippen LogP contribution < -0.4 is 0 Å². The summed E-state index contributed by atoms with van der Waals surface area (Å²) in [5, 5.41) is 10.1. The maximum absolute atomic E-state index is 10.1. The zero-order valence-electron chi connectivity index (χ0n) is 14.9. The van der Waals surface area contributed by atoms with Crippen molar-refractivity contribution < 1.29 is 33.5 Å². The van der Waals surface area contributed by atoms with Gasteiger partial charge in [-0.05, 0) is 25.7 Å². The van der Waals surface area contributed by atoms with E-state index in [-0.39, 0.29) is 24.4 Å². The van der Waals surface area contributed by atoms with Gasteiger partial charge < -0.3 is 33.5 Å². The van der Waals surface area contributed by atoms with Crippen LogP contribution in [0, 0.1) is 0 Å². The van der Waals surface area contributed by atoms with Crippen LogP contribution in [0.15, 0.2) is 0 Å². The number of aliphatic hydroxyl groups is 1. The van der Waals surface area contributed by atoms with Gasteiger partial charge in [-0.1, -0.05) is 0 Å². The fourth-order valence-electron chi connectivity index (χ4n) is 3.13. The fraction of sp³-hybridized carbons (Fsp3) is 1.00. The third-order valence-corrected chi connectivity index (χ3v) is 4.53. The fourth-order valence-corrected chi connectivity index (χ4v) is 3.13. The second-order valence-electron chi connectivity index (χ2n) is 6.36. The minimum Gasteiger partial charge on any atom is -0.393 e. The van der Waals surface area contributed by atoms with Crippen molar-refractivity contribution in [3.63, 3.8) is 0 Å². The Kier molecular flexibility index (Phi) is 9.48. The lowest BCUT2D eigenvalue weighted by molar-refractivity contribution is -0.0574. The molecule has 0 amide bonds. The average Bonchev–Trinajstić information content (AvgIpc) is 3.18. The molecule has 0 aliphatic carbocycles. The molecule has 1 N–H and O–H groups in total. The van der Waals surface area contributed by atoms with Gasteiger partial charge in [-0.15, -0.1) is 0 Å². The number of hydrogen-bond donors (Lipinski definition) is 1. The second-order valence-corrected chi connectivity index (χ2v) is 6.36. The van der Waals surface area contributed by atoms with Crippen molar-refractivity contribution in [2.75, 3.05) is 53.9 Å². The first-order valence-electron chi connectivity index (χ1n) is 8.87. The van der Waals surface area contributed by atoms with Gasteiger partial charge in [-0.3, -0.25) is 0 Å². The molecule has 0 bridgehead atoms. The Morgan fingerprint density at radius 3 is 1.75 bits per heavy atom. The molecule has 0 spiro atoms. The Balaban J connectivity index is 1.53. The Hall–Kier alpha value is -0.280. The molecule has 2 rings (SSSR count). The maximum Gasteiger partial charge on any atom is 0.107 e. The van der Waals surface area contributed by atoms with E-state index in [1.807, 2.05) is 0 Å². The largest absolute Gasteiger partial charge is 0.393 e. The molecule has 4 atom stereocenters. The highest BCUT2D eigenvalue weighted by Crippen LogP contribution is 2.19. The summed E-state index contributed by atoms with van der Waals surface area (Å²) in [5.41, 5.74) is 0. The summed E-state index contributed by atoms with van der Waals surface area (Å²) in [7, 11) is 3.32. The van der Waals surface area contributed by atoms with Gasteiger partial charge in [-0.2, -0.15) is 0 Å². The minimum atomic E-state index is -0.420. The highest BCUT2D eigenvalue weighted by molar-refractivity contribution is 4.78. The van der Waals surface area contributed by atoms with E-state index in [0.717, 1.165) is 12.8 Å². The van der Waals surface area contributed by atoms with Crippen LogP contribution in [-0.4, -0.2) is 89.5 Å². The van der Waals surface area contributed by atoms with E-state index in [1.165, 1.54) is 0 Å². The van der Waals surface area contributed by atoms with Gasteiger partial charge in [0.2, 0.25) is 0 Å². The van der Waals surface area contributed by atoms with E-state index < -0.39 is 6.10 Å². The molecule has 2 saturated heterocycles. The molecule has 2 aliphatic heterocycles. The monoisotopic (exact) mass is 348 g/mol. The van der Waals surface area contributed by atoms with Gasteiger partial charge in [0, 0.05) is 40.6 Å². The first-order valence-corrected chi connectivity index (χ1v) is 8.87. The highest BCUT2D eigenvalue weighted by atomic mass is 16.6. The highest BCUT2D eigenvalue weighted by Gasteiger charge is 2.30. The first-order chi connectivity index (χ1) is 11.7. The van der Waals surface area contributed by atoms with E-state index in [1.54, 1.807) is 14.2 Å². The zero-order chi connectivity index (χ0) is 17.2. The predicted octanol–water partition coefficient (Wildman–Crippen LogP) is 0.769. The van der Waals surface area contributed by atoms with Crippen molar-refractivity contribution in [1.29, 1.82) is 0 Å². The molecule has 0 aromatic rings. The van der Waals surface area contributed by atoms with Crippen molar-refractivity contribution >= 4 is 0 Å². The van der Waals surface area contributed by atoms with Crippen molar-refractivity contribution in [3.8, 4) is 0 Å². The number of aliphatic hydroxyl groups excluding tert-OH is 1. The van der Waals surface area contributed by atoms with Crippen molar-refractivity contribution in [1.82, 2.24) is 0 Å². The lowest BCUT2D eigenvalue weighted by Crippen LogP contribution is -2.30. The summed E-state index contributed by atoms with van der Waals surface area (Å²) in [6.45, 7) is 3.56. The molecule has 7 heteroatoms. The van der Waals surface area contributed by atoms with Gasteiger partial charge in [0.25, 0.3) is 0 Å². The van der Waals surface area contributed by atoms with Gasteiger partial charge >= 0.3 is 0 Å². The molecule has 24 heavy (non-hydrogen) atoms. The van der Waals surface area contributed by atoms with Crippen LogP contribution in [0.3, 0.4) is 0 Å². The Labute approximate surface area is 144 Å². The third kappa shape index (κ3) is 6.55. The number of methoxy groups -OCH3 is 2. The van der Waals surface area contributed by atoms with E-state index in [9.17, 15) is 5.11 Å². The molecule has 0 saturated carbocycles. The van der Waals surface area contributed by atoms with Crippen LogP contribution in [0.4, 0.5) is 0 Å². The lowest BCUT2D eigenvalue weighted by atomic mass is 10.1. The Bertz CT molecular complexity index is 298. The van der Waals surface area contributed by atoms with E-state index in [2.05, 4.69) is 0 Å². The van der Waals surface area contributed by atoms with Crippen molar-refractivity contribution in [2.24, 2.45) is 0 Å². The van der Waals surface area contributed by atoms with Crippen LogP contribution in [0.25, 0.3) is 0 Å². The van der Waals surface area contributed by atoms with E-state index >= 15 is 0 Å². The molecule has 0 aromatic carbocycles. The smallest absolute Gasteiger partial charge is 0.107 e. The summed E-state index contributed by atoms with van der Waals surface area (Å²) in [6, 6.07) is 0. The number of rotatable bonds is 12. The topological polar surface area (TPSA) is 75.6 Å². The van der Waals surface area contributed by atoms with Crippen LogP contribution in [0.1, 0.15) is 25.7 Å². The van der Waals surface area contributed by atoms with Crippen molar-refractivity contribution in [3.05, 3.63) is 0 Å². The number of ether oxygens (including phenoxy) is 6. The first kappa shape index (κ1) is 20.0. The molecular weight excluding hydrogens is 316 g/mol. The number of hydrogen-bond acceptors (Lipinski definition) is 7. The van der Waals surface area contributed by atoms with Crippen LogP contribution in [-0.2, 0) is 28.4 Å². The van der Waals surface area contributed by atoms with Crippen LogP contribution in [0.2, 0.25) is 0 Å². The maximum atomic E-state index is 10.1.